The van der Waals surface area contributed by atoms with Gasteiger partial charge in [-0.25, -0.2) is 0 Å². The highest BCUT2D eigenvalue weighted by atomic mass is 32.1. The summed E-state index contributed by atoms with van der Waals surface area (Å²) in [5.41, 5.74) is 2.29. The number of rotatable bonds is 8. The van der Waals surface area contributed by atoms with Crippen molar-refractivity contribution in [1.29, 1.82) is 0 Å². The van der Waals surface area contributed by atoms with Crippen molar-refractivity contribution in [2.45, 2.75) is 20.0 Å². The largest absolute Gasteiger partial charge is 0.494 e. The lowest BCUT2D eigenvalue weighted by Gasteiger charge is -2.12. The van der Waals surface area contributed by atoms with Crippen LogP contribution in [-0.2, 0) is 6.61 Å². The minimum absolute atomic E-state index is 0.208. The highest BCUT2D eigenvalue weighted by Crippen LogP contribution is 2.19. The first-order valence-corrected chi connectivity index (χ1v) is 10.2. The van der Waals surface area contributed by atoms with Gasteiger partial charge in [0.05, 0.1) is 6.61 Å². The molecule has 0 aromatic heterocycles. The summed E-state index contributed by atoms with van der Waals surface area (Å²) in [4.78, 5) is 12.5. The van der Waals surface area contributed by atoms with Crippen LogP contribution < -0.4 is 20.1 Å². The van der Waals surface area contributed by atoms with Crippen LogP contribution in [0.5, 0.6) is 11.5 Å². The highest BCUT2D eigenvalue weighted by Gasteiger charge is 2.09. The van der Waals surface area contributed by atoms with Gasteiger partial charge in [-0.15, -0.1) is 0 Å². The fraction of sp³-hybridized carbons (Fsp3) is 0.167. The summed E-state index contributed by atoms with van der Waals surface area (Å²) in [6.07, 6.45) is 0.901. The number of amides is 1. The predicted molar refractivity (Wildman–Crippen MR) is 123 cm³/mol. The molecule has 0 saturated heterocycles. The van der Waals surface area contributed by atoms with Crippen molar-refractivity contribution in [2.75, 3.05) is 11.9 Å². The zero-order chi connectivity index (χ0) is 21.2. The van der Waals surface area contributed by atoms with E-state index >= 15 is 0 Å². The molecule has 6 heteroatoms. The average Bonchev–Trinajstić information content (AvgIpc) is 2.77. The second-order valence-corrected chi connectivity index (χ2v) is 6.99. The minimum Gasteiger partial charge on any atom is -0.494 e. The number of benzene rings is 3. The number of carbonyl (C=O) groups excluding carboxylic acids is 1. The van der Waals surface area contributed by atoms with E-state index in [0.717, 1.165) is 17.7 Å². The molecular weight excluding hydrogens is 396 g/mol. The molecule has 0 bridgehead atoms. The Morgan fingerprint density at radius 1 is 0.900 bits per heavy atom. The van der Waals surface area contributed by atoms with Gasteiger partial charge in [0.25, 0.3) is 5.91 Å². The third-order valence-electron chi connectivity index (χ3n) is 4.14. The second kappa shape index (κ2) is 11.0. The van der Waals surface area contributed by atoms with Gasteiger partial charge in [-0.2, -0.15) is 0 Å². The van der Waals surface area contributed by atoms with Gasteiger partial charge in [0.2, 0.25) is 0 Å². The van der Waals surface area contributed by atoms with Crippen molar-refractivity contribution < 1.29 is 14.3 Å². The van der Waals surface area contributed by atoms with Crippen molar-refractivity contribution in [3.8, 4) is 11.5 Å². The smallest absolute Gasteiger partial charge is 0.257 e. The molecule has 1 amide bonds. The van der Waals surface area contributed by atoms with Gasteiger partial charge in [0.15, 0.2) is 5.11 Å². The van der Waals surface area contributed by atoms with Crippen LogP contribution in [0.2, 0.25) is 0 Å². The number of anilines is 1. The lowest BCUT2D eigenvalue weighted by Crippen LogP contribution is -2.34. The van der Waals surface area contributed by atoms with Crippen LogP contribution in [-0.4, -0.2) is 17.6 Å². The van der Waals surface area contributed by atoms with Crippen LogP contribution in [0, 0.1) is 0 Å². The number of carbonyl (C=O) groups is 1. The van der Waals surface area contributed by atoms with Gasteiger partial charge in [0.1, 0.15) is 18.1 Å². The molecule has 0 saturated carbocycles. The third kappa shape index (κ3) is 6.60. The Morgan fingerprint density at radius 3 is 2.40 bits per heavy atom. The first-order valence-electron chi connectivity index (χ1n) is 9.76. The molecule has 3 aromatic rings. The Labute approximate surface area is 182 Å². The molecule has 0 aliphatic rings. The monoisotopic (exact) mass is 420 g/mol. The highest BCUT2D eigenvalue weighted by molar-refractivity contribution is 7.80. The van der Waals surface area contributed by atoms with E-state index in [4.69, 9.17) is 21.7 Å². The van der Waals surface area contributed by atoms with Crippen molar-refractivity contribution >= 4 is 28.9 Å². The molecule has 0 atom stereocenters. The van der Waals surface area contributed by atoms with Crippen LogP contribution in [0.4, 0.5) is 5.69 Å². The van der Waals surface area contributed by atoms with E-state index < -0.39 is 0 Å². The fourth-order valence-corrected chi connectivity index (χ4v) is 2.90. The van der Waals surface area contributed by atoms with Gasteiger partial charge < -0.3 is 14.8 Å². The van der Waals surface area contributed by atoms with E-state index in [-0.39, 0.29) is 11.0 Å². The Morgan fingerprint density at radius 2 is 1.63 bits per heavy atom. The zero-order valence-corrected chi connectivity index (χ0v) is 17.6. The summed E-state index contributed by atoms with van der Waals surface area (Å²) < 4.78 is 11.4. The van der Waals surface area contributed by atoms with Gasteiger partial charge in [-0.05, 0) is 54.5 Å². The van der Waals surface area contributed by atoms with Gasteiger partial charge in [-0.1, -0.05) is 49.4 Å². The van der Waals surface area contributed by atoms with Crippen LogP contribution in [0.1, 0.15) is 29.3 Å². The molecule has 3 aromatic carbocycles. The summed E-state index contributed by atoms with van der Waals surface area (Å²) in [5, 5.41) is 5.92. The Hall–Kier alpha value is -3.38. The average molecular weight is 421 g/mol. The maximum Gasteiger partial charge on any atom is 0.257 e. The van der Waals surface area contributed by atoms with Crippen LogP contribution in [0.15, 0.2) is 78.9 Å². The molecule has 0 aliphatic heterocycles. The molecule has 2 N–H and O–H groups in total. The number of hydrogen-bond acceptors (Lipinski definition) is 4. The summed E-state index contributed by atoms with van der Waals surface area (Å²) in [6, 6.07) is 24.4. The van der Waals surface area contributed by atoms with E-state index in [1.54, 1.807) is 18.2 Å². The van der Waals surface area contributed by atoms with E-state index in [0.29, 0.717) is 30.3 Å². The molecule has 0 heterocycles. The van der Waals surface area contributed by atoms with Crippen molar-refractivity contribution in [1.82, 2.24) is 5.32 Å². The summed E-state index contributed by atoms with van der Waals surface area (Å²) in [5.74, 6) is 1.07. The molecule has 0 fully saturated rings. The molecule has 3 rings (SSSR count). The van der Waals surface area contributed by atoms with Crippen LogP contribution >= 0.6 is 12.2 Å². The second-order valence-electron chi connectivity index (χ2n) is 6.59. The van der Waals surface area contributed by atoms with Gasteiger partial charge >= 0.3 is 0 Å². The van der Waals surface area contributed by atoms with Crippen molar-refractivity contribution in [3.63, 3.8) is 0 Å². The van der Waals surface area contributed by atoms with Crippen LogP contribution in [0.25, 0.3) is 0 Å². The number of ether oxygens (including phenoxy) is 2. The standard InChI is InChI=1S/C24H24N2O3S/c1-2-14-28-21-12-6-10-19(15-21)23(27)26-24(30)25-20-11-7-13-22(16-20)29-17-18-8-4-3-5-9-18/h3-13,15-16H,2,14,17H2,1H3,(H2,25,26,27,30). The quantitative estimate of drug-likeness (QED) is 0.492. The molecule has 154 valence electrons. The van der Waals surface area contributed by atoms with Crippen molar-refractivity contribution in [3.05, 3.63) is 90.0 Å². The molecule has 30 heavy (non-hydrogen) atoms. The van der Waals surface area contributed by atoms with E-state index in [1.807, 2.05) is 67.6 Å². The number of hydrogen-bond donors (Lipinski definition) is 2. The SMILES string of the molecule is CCCOc1cccc(C(=O)NC(=S)Nc2cccc(OCc3ccccc3)c2)c1. The minimum atomic E-state index is -0.300. The molecule has 0 unspecified atom stereocenters. The normalized spacial score (nSPS) is 10.2. The Balaban J connectivity index is 1.55. The topological polar surface area (TPSA) is 59.6 Å². The first kappa shape index (κ1) is 21.3. The van der Waals surface area contributed by atoms with E-state index in [1.165, 1.54) is 0 Å². The molecule has 0 spiro atoms. The summed E-state index contributed by atoms with van der Waals surface area (Å²) in [6.45, 7) is 3.11. The number of thiocarbonyl (C=S) groups is 1. The zero-order valence-electron chi connectivity index (χ0n) is 16.8. The Kier molecular flexibility index (Phi) is 7.80. The Bertz CT molecular complexity index is 993. The molecular formula is C24H24N2O3S. The van der Waals surface area contributed by atoms with Gasteiger partial charge in [-0.3, -0.25) is 10.1 Å². The first-order chi connectivity index (χ1) is 14.6. The molecule has 5 nitrogen and oxygen atoms in total. The predicted octanol–water partition coefficient (Wildman–Crippen LogP) is 5.18. The van der Waals surface area contributed by atoms with Crippen LogP contribution in [0.3, 0.4) is 0 Å². The maximum atomic E-state index is 12.5. The van der Waals surface area contributed by atoms with E-state index in [9.17, 15) is 4.79 Å². The third-order valence-corrected chi connectivity index (χ3v) is 4.34. The summed E-state index contributed by atoms with van der Waals surface area (Å²) in [7, 11) is 0. The summed E-state index contributed by atoms with van der Waals surface area (Å²) >= 11 is 5.28. The van der Waals surface area contributed by atoms with Gasteiger partial charge in [0, 0.05) is 17.3 Å². The molecule has 0 radical (unpaired) electrons. The lowest BCUT2D eigenvalue weighted by atomic mass is 10.2. The molecule has 0 aliphatic carbocycles. The lowest BCUT2D eigenvalue weighted by molar-refractivity contribution is 0.0977. The number of nitrogens with one attached hydrogen (secondary N) is 2. The van der Waals surface area contributed by atoms with E-state index in [2.05, 4.69) is 10.6 Å². The maximum absolute atomic E-state index is 12.5. The van der Waals surface area contributed by atoms with Crippen molar-refractivity contribution in [2.24, 2.45) is 0 Å². The fourth-order valence-electron chi connectivity index (χ4n) is 2.69.